The number of benzene rings is 2. The van der Waals surface area contributed by atoms with Gasteiger partial charge in [-0.1, -0.05) is 0 Å². The minimum absolute atomic E-state index is 0.0176. The summed E-state index contributed by atoms with van der Waals surface area (Å²) in [7, 11) is -3.77. The van der Waals surface area contributed by atoms with Gasteiger partial charge in [0.15, 0.2) is 5.13 Å². The number of carbonyl (C=O) groups excluding carboxylic acids is 1. The molecular formula is C16H13N5O5S2. The van der Waals surface area contributed by atoms with Gasteiger partial charge in [-0.3, -0.25) is 14.8 Å². The normalized spacial score (nSPS) is 10.9. The van der Waals surface area contributed by atoms with Crippen molar-refractivity contribution in [3.63, 3.8) is 0 Å². The Morgan fingerprint density at radius 2 is 1.57 bits per heavy atom. The Labute approximate surface area is 163 Å². The zero-order valence-electron chi connectivity index (χ0n) is 14.0. The second-order valence-electron chi connectivity index (χ2n) is 5.35. The molecule has 1 aromatic heterocycles. The van der Waals surface area contributed by atoms with E-state index in [0.717, 1.165) is 11.3 Å². The molecule has 144 valence electrons. The molecule has 10 nitrogen and oxygen atoms in total. The Bertz CT molecular complexity index is 1080. The highest BCUT2D eigenvalue weighted by molar-refractivity contribution is 7.93. The molecule has 2 aromatic carbocycles. The number of nitro benzene ring substituents is 1. The van der Waals surface area contributed by atoms with E-state index in [-0.39, 0.29) is 15.7 Å². The standard InChI is InChI=1S/C16H13N5O5S2/c22-15(18-11-1-5-13(6-2-11)21(23)24)19-12-3-7-14(8-4-12)28(25,26)20-16-17-9-10-27-16/h1-10H,(H,17,20)(H2,18,19,22). The fourth-order valence-corrected chi connectivity index (χ4v) is 3.91. The first-order valence-electron chi connectivity index (χ1n) is 7.68. The molecule has 0 atom stereocenters. The Hall–Kier alpha value is -3.51. The number of aromatic nitrogens is 1. The first-order valence-corrected chi connectivity index (χ1v) is 10.0. The van der Waals surface area contributed by atoms with Gasteiger partial charge in [0.2, 0.25) is 0 Å². The number of rotatable bonds is 6. The van der Waals surface area contributed by atoms with Gasteiger partial charge in [-0.2, -0.15) is 0 Å². The third-order valence-electron chi connectivity index (χ3n) is 3.41. The third-order valence-corrected chi connectivity index (χ3v) is 5.59. The molecule has 0 unspecified atom stereocenters. The van der Waals surface area contributed by atoms with Gasteiger partial charge in [-0.15, -0.1) is 11.3 Å². The van der Waals surface area contributed by atoms with E-state index in [9.17, 15) is 23.3 Å². The van der Waals surface area contributed by atoms with Gasteiger partial charge in [0.25, 0.3) is 15.7 Å². The molecule has 0 aliphatic heterocycles. The molecule has 0 spiro atoms. The van der Waals surface area contributed by atoms with Crippen LogP contribution in [0.3, 0.4) is 0 Å². The number of non-ortho nitro benzene ring substituents is 1. The quantitative estimate of drug-likeness (QED) is 0.412. The fourth-order valence-electron chi connectivity index (χ4n) is 2.13. The van der Waals surface area contributed by atoms with Crippen LogP contribution in [0.25, 0.3) is 0 Å². The molecule has 1 heterocycles. The van der Waals surface area contributed by atoms with Gasteiger partial charge >= 0.3 is 6.03 Å². The summed E-state index contributed by atoms with van der Waals surface area (Å²) >= 11 is 1.16. The number of nitrogens with zero attached hydrogens (tertiary/aromatic N) is 2. The summed E-state index contributed by atoms with van der Waals surface area (Å²) in [5.74, 6) is 0. The number of urea groups is 1. The first kappa shape index (κ1) is 19.3. The predicted octanol–water partition coefficient (Wildman–Crippen LogP) is 3.50. The van der Waals surface area contributed by atoms with Crippen molar-refractivity contribution in [2.45, 2.75) is 4.90 Å². The Kier molecular flexibility index (Phi) is 5.52. The summed E-state index contributed by atoms with van der Waals surface area (Å²) in [6.07, 6.45) is 1.49. The largest absolute Gasteiger partial charge is 0.323 e. The number of carbonyl (C=O) groups is 1. The summed E-state index contributed by atoms with van der Waals surface area (Å²) in [6.45, 7) is 0. The Balaban J connectivity index is 1.62. The van der Waals surface area contributed by atoms with Gasteiger partial charge in [0, 0.05) is 35.1 Å². The maximum absolute atomic E-state index is 12.3. The zero-order valence-corrected chi connectivity index (χ0v) is 15.7. The molecule has 0 saturated heterocycles. The molecule has 12 heteroatoms. The highest BCUT2D eigenvalue weighted by Crippen LogP contribution is 2.20. The van der Waals surface area contributed by atoms with Crippen molar-refractivity contribution >= 4 is 49.6 Å². The van der Waals surface area contributed by atoms with Crippen LogP contribution in [0.15, 0.2) is 65.0 Å². The van der Waals surface area contributed by atoms with E-state index in [4.69, 9.17) is 0 Å². The second-order valence-corrected chi connectivity index (χ2v) is 7.93. The summed E-state index contributed by atoms with van der Waals surface area (Å²) in [5.41, 5.74) is 0.650. The number of thiazole rings is 1. The van der Waals surface area contributed by atoms with Crippen LogP contribution < -0.4 is 15.4 Å². The Morgan fingerprint density at radius 1 is 1.00 bits per heavy atom. The summed E-state index contributed by atoms with van der Waals surface area (Å²) < 4.78 is 26.9. The highest BCUT2D eigenvalue weighted by Gasteiger charge is 2.15. The lowest BCUT2D eigenvalue weighted by Gasteiger charge is -2.09. The molecule has 3 rings (SSSR count). The van der Waals surface area contributed by atoms with Crippen LogP contribution in [-0.4, -0.2) is 24.4 Å². The molecule has 0 aliphatic rings. The molecule has 3 aromatic rings. The number of sulfonamides is 1. The second kappa shape index (κ2) is 8.02. The van der Waals surface area contributed by atoms with Gasteiger partial charge in [0.1, 0.15) is 0 Å². The van der Waals surface area contributed by atoms with E-state index >= 15 is 0 Å². The molecule has 3 N–H and O–H groups in total. The van der Waals surface area contributed by atoms with E-state index in [0.29, 0.717) is 11.4 Å². The summed E-state index contributed by atoms with van der Waals surface area (Å²) in [4.78, 5) is 26.0. The maximum Gasteiger partial charge on any atom is 0.323 e. The van der Waals surface area contributed by atoms with Gasteiger partial charge in [-0.05, 0) is 36.4 Å². The molecular weight excluding hydrogens is 406 g/mol. The van der Waals surface area contributed by atoms with Crippen molar-refractivity contribution in [2.75, 3.05) is 15.4 Å². The van der Waals surface area contributed by atoms with Crippen molar-refractivity contribution in [2.24, 2.45) is 0 Å². The monoisotopic (exact) mass is 419 g/mol. The van der Waals surface area contributed by atoms with Crippen LogP contribution >= 0.6 is 11.3 Å². The van der Waals surface area contributed by atoms with Crippen LogP contribution in [0.2, 0.25) is 0 Å². The van der Waals surface area contributed by atoms with Crippen molar-refractivity contribution in [1.29, 1.82) is 0 Å². The van der Waals surface area contributed by atoms with Gasteiger partial charge < -0.3 is 10.6 Å². The minimum Gasteiger partial charge on any atom is -0.308 e. The zero-order chi connectivity index (χ0) is 20.1. The number of hydrogen-bond donors (Lipinski definition) is 3. The molecule has 0 radical (unpaired) electrons. The van der Waals surface area contributed by atoms with Gasteiger partial charge in [0.05, 0.1) is 9.82 Å². The first-order chi connectivity index (χ1) is 13.3. The third kappa shape index (κ3) is 4.81. The van der Waals surface area contributed by atoms with Gasteiger partial charge in [-0.25, -0.2) is 18.2 Å². The summed E-state index contributed by atoms with van der Waals surface area (Å²) in [6, 6.07) is 10.3. The molecule has 0 fully saturated rings. The van der Waals surface area contributed by atoms with Crippen molar-refractivity contribution in [1.82, 2.24) is 4.98 Å². The molecule has 0 bridgehead atoms. The average Bonchev–Trinajstić information content (AvgIpc) is 3.15. The number of amides is 2. The number of anilines is 3. The van der Waals surface area contributed by atoms with E-state index in [1.54, 1.807) is 5.38 Å². The van der Waals surface area contributed by atoms with Crippen molar-refractivity contribution < 1.29 is 18.1 Å². The summed E-state index contributed by atoms with van der Waals surface area (Å²) in [5, 5.41) is 17.6. The van der Waals surface area contributed by atoms with Crippen LogP contribution in [0.4, 0.5) is 27.0 Å². The van der Waals surface area contributed by atoms with E-state index in [2.05, 4.69) is 20.3 Å². The molecule has 2 amide bonds. The van der Waals surface area contributed by atoms with Crippen LogP contribution in [0.5, 0.6) is 0 Å². The number of hydrogen-bond acceptors (Lipinski definition) is 7. The van der Waals surface area contributed by atoms with Crippen molar-refractivity contribution in [3.8, 4) is 0 Å². The SMILES string of the molecule is O=C(Nc1ccc([N+](=O)[O-])cc1)Nc1ccc(S(=O)(=O)Nc2nccs2)cc1. The number of nitro groups is 1. The fraction of sp³-hybridized carbons (Fsp3) is 0. The lowest BCUT2D eigenvalue weighted by Crippen LogP contribution is -2.19. The number of nitrogens with one attached hydrogen (secondary N) is 3. The van der Waals surface area contributed by atoms with E-state index < -0.39 is 21.0 Å². The lowest BCUT2D eigenvalue weighted by molar-refractivity contribution is -0.384. The van der Waals surface area contributed by atoms with E-state index in [1.807, 2.05) is 0 Å². The maximum atomic E-state index is 12.3. The van der Waals surface area contributed by atoms with Crippen LogP contribution in [0.1, 0.15) is 0 Å². The smallest absolute Gasteiger partial charge is 0.308 e. The van der Waals surface area contributed by atoms with Crippen LogP contribution in [0, 0.1) is 10.1 Å². The van der Waals surface area contributed by atoms with Crippen molar-refractivity contribution in [3.05, 3.63) is 70.2 Å². The molecule has 0 aliphatic carbocycles. The topological polar surface area (TPSA) is 143 Å². The lowest BCUT2D eigenvalue weighted by atomic mass is 10.3. The predicted molar refractivity (Wildman–Crippen MR) is 105 cm³/mol. The van der Waals surface area contributed by atoms with Crippen LogP contribution in [-0.2, 0) is 10.0 Å². The molecule has 0 saturated carbocycles. The minimum atomic E-state index is -3.77. The Morgan fingerprint density at radius 3 is 2.07 bits per heavy atom. The van der Waals surface area contributed by atoms with E-state index in [1.165, 1.54) is 54.7 Å². The molecule has 28 heavy (non-hydrogen) atoms. The average molecular weight is 419 g/mol. The highest BCUT2D eigenvalue weighted by atomic mass is 32.2.